The fourth-order valence-corrected chi connectivity index (χ4v) is 9.31. The predicted octanol–water partition coefficient (Wildman–Crippen LogP) is 19.4. The molecule has 2 unspecified atom stereocenters. The number of amides is 1. The van der Waals surface area contributed by atoms with E-state index in [0.29, 0.717) is 19.4 Å². The van der Waals surface area contributed by atoms with E-state index in [9.17, 15) is 19.8 Å². The van der Waals surface area contributed by atoms with E-state index in [1.165, 1.54) is 238 Å². The second kappa shape index (κ2) is 59.4. The molecule has 0 radical (unpaired) electrons. The molecule has 0 saturated carbocycles. The minimum atomic E-state index is -0.849. The number of hydrogen-bond acceptors (Lipinski definition) is 5. The van der Waals surface area contributed by atoms with Gasteiger partial charge in [0.05, 0.1) is 25.4 Å². The van der Waals surface area contributed by atoms with Crippen LogP contribution in [0.5, 0.6) is 0 Å². The molecule has 6 heteroatoms. The summed E-state index contributed by atoms with van der Waals surface area (Å²) in [6.45, 7) is 4.84. The van der Waals surface area contributed by atoms with Crippen LogP contribution in [0.25, 0.3) is 0 Å². The summed E-state index contributed by atoms with van der Waals surface area (Å²) in [6.07, 6.45) is 75.8. The highest BCUT2D eigenvalue weighted by molar-refractivity contribution is 5.76. The molecule has 0 bridgehead atoms. The molecular formula is C64H119NO5. The zero-order valence-corrected chi connectivity index (χ0v) is 46.7. The van der Waals surface area contributed by atoms with E-state index in [1.54, 1.807) is 6.08 Å². The monoisotopic (exact) mass is 982 g/mol. The van der Waals surface area contributed by atoms with Gasteiger partial charge in [-0.15, -0.1) is 0 Å². The van der Waals surface area contributed by atoms with Crippen LogP contribution in [0.2, 0.25) is 0 Å². The molecule has 3 N–H and O–H groups in total. The fourth-order valence-electron chi connectivity index (χ4n) is 9.31. The molecule has 0 aromatic heterocycles. The van der Waals surface area contributed by atoms with Crippen molar-refractivity contribution in [1.82, 2.24) is 5.32 Å². The number of aliphatic hydroxyl groups is 2. The van der Waals surface area contributed by atoms with Gasteiger partial charge in [-0.3, -0.25) is 9.59 Å². The molecule has 410 valence electrons. The number of carbonyl (C=O) groups excluding carboxylic acids is 2. The first-order valence-corrected chi connectivity index (χ1v) is 30.9. The number of carbonyl (C=O) groups is 2. The van der Waals surface area contributed by atoms with Gasteiger partial charge in [0.15, 0.2) is 0 Å². The Bertz CT molecular complexity index is 1180. The zero-order chi connectivity index (χ0) is 50.7. The highest BCUT2D eigenvalue weighted by Crippen LogP contribution is 2.17. The van der Waals surface area contributed by atoms with Gasteiger partial charge in [0.25, 0.3) is 0 Å². The Hall–Kier alpha value is -2.18. The molecule has 0 fully saturated rings. The van der Waals surface area contributed by atoms with E-state index in [0.717, 1.165) is 57.8 Å². The standard InChI is InChI=1S/C64H119NO5/c1-3-5-7-9-11-13-15-17-18-26-29-33-36-40-44-48-52-56-62(67)61(60-66)65-63(68)57-53-49-45-41-37-34-30-27-24-22-20-19-21-23-25-28-31-35-39-43-47-51-55-59-70-64(69)58-54-50-46-42-38-32-16-14-12-10-8-6-4-2/h8,10,14,16,22,24,52,56,61-62,66-67H,3-7,9,11-13,15,17-21,23,25-51,53-55,57-60H2,1-2H3,(H,65,68)/b10-8-,16-14-,24-22-,56-52+. The summed E-state index contributed by atoms with van der Waals surface area (Å²) in [4.78, 5) is 24.5. The molecule has 0 rings (SSSR count). The van der Waals surface area contributed by atoms with Crippen LogP contribution >= 0.6 is 0 Å². The predicted molar refractivity (Wildman–Crippen MR) is 306 cm³/mol. The van der Waals surface area contributed by atoms with Gasteiger partial charge in [-0.2, -0.15) is 0 Å². The lowest BCUT2D eigenvalue weighted by Gasteiger charge is -2.20. The second-order valence-electron chi connectivity index (χ2n) is 21.0. The number of nitrogens with one attached hydrogen (secondary N) is 1. The van der Waals surface area contributed by atoms with Crippen LogP contribution in [0.3, 0.4) is 0 Å². The Balaban J connectivity index is 3.45. The largest absolute Gasteiger partial charge is 0.466 e. The maximum Gasteiger partial charge on any atom is 0.305 e. The van der Waals surface area contributed by atoms with Crippen molar-refractivity contribution >= 4 is 11.9 Å². The van der Waals surface area contributed by atoms with Crippen molar-refractivity contribution in [3.8, 4) is 0 Å². The molecule has 1 amide bonds. The third kappa shape index (κ3) is 55.1. The lowest BCUT2D eigenvalue weighted by atomic mass is 10.0. The average molecular weight is 983 g/mol. The third-order valence-electron chi connectivity index (χ3n) is 14.0. The molecular weight excluding hydrogens is 863 g/mol. The zero-order valence-electron chi connectivity index (χ0n) is 46.7. The van der Waals surface area contributed by atoms with Crippen molar-refractivity contribution in [3.05, 3.63) is 48.6 Å². The molecule has 0 heterocycles. The molecule has 0 spiro atoms. The second-order valence-corrected chi connectivity index (χ2v) is 21.0. The summed E-state index contributed by atoms with van der Waals surface area (Å²) in [7, 11) is 0. The number of hydrogen-bond donors (Lipinski definition) is 3. The van der Waals surface area contributed by atoms with Crippen LogP contribution < -0.4 is 5.32 Å². The summed E-state index contributed by atoms with van der Waals surface area (Å²) in [5, 5.41) is 23.2. The number of ether oxygens (including phenoxy) is 1. The van der Waals surface area contributed by atoms with Gasteiger partial charge >= 0.3 is 5.97 Å². The third-order valence-corrected chi connectivity index (χ3v) is 14.0. The van der Waals surface area contributed by atoms with Crippen molar-refractivity contribution in [3.63, 3.8) is 0 Å². The Labute approximate surface area is 436 Å². The summed E-state index contributed by atoms with van der Waals surface area (Å²) in [6, 6.07) is -0.633. The van der Waals surface area contributed by atoms with Crippen molar-refractivity contribution in [1.29, 1.82) is 0 Å². The van der Waals surface area contributed by atoms with E-state index in [-0.39, 0.29) is 18.5 Å². The topological polar surface area (TPSA) is 95.9 Å². The van der Waals surface area contributed by atoms with Crippen LogP contribution in [0.15, 0.2) is 48.6 Å². The fraction of sp³-hybridized carbons (Fsp3) is 0.844. The molecule has 0 saturated heterocycles. The van der Waals surface area contributed by atoms with Gasteiger partial charge in [-0.25, -0.2) is 0 Å². The lowest BCUT2D eigenvalue weighted by Crippen LogP contribution is -2.45. The SMILES string of the molecule is CCC/C=C\C/C=C\CCCCCCCC(=O)OCCCCCCCCCCCCCC/C=C\CCCCCCCCCC(=O)NC(CO)C(O)/C=C/CCCCCCCCCCCCCCCCC. The van der Waals surface area contributed by atoms with E-state index in [4.69, 9.17) is 4.74 Å². The quantitative estimate of drug-likeness (QED) is 0.0321. The van der Waals surface area contributed by atoms with Gasteiger partial charge < -0.3 is 20.3 Å². The Morgan fingerprint density at radius 1 is 0.400 bits per heavy atom. The lowest BCUT2D eigenvalue weighted by molar-refractivity contribution is -0.143. The van der Waals surface area contributed by atoms with Gasteiger partial charge in [-0.05, 0) is 83.5 Å². The summed E-state index contributed by atoms with van der Waals surface area (Å²) in [5.74, 6) is -0.0781. The molecule has 0 aliphatic heterocycles. The maximum atomic E-state index is 12.5. The number of allylic oxidation sites excluding steroid dienone is 7. The maximum absolute atomic E-state index is 12.5. The highest BCUT2D eigenvalue weighted by Gasteiger charge is 2.18. The molecule has 2 atom stereocenters. The Kier molecular flexibility index (Phi) is 57.5. The molecule has 0 aliphatic carbocycles. The molecule has 0 aliphatic rings. The van der Waals surface area contributed by atoms with Gasteiger partial charge in [0.2, 0.25) is 5.91 Å². The van der Waals surface area contributed by atoms with Crippen LogP contribution in [-0.2, 0) is 14.3 Å². The van der Waals surface area contributed by atoms with Crippen LogP contribution in [0, 0.1) is 0 Å². The highest BCUT2D eigenvalue weighted by atomic mass is 16.5. The smallest absolute Gasteiger partial charge is 0.305 e. The number of aliphatic hydroxyl groups excluding tert-OH is 2. The minimum Gasteiger partial charge on any atom is -0.466 e. The van der Waals surface area contributed by atoms with E-state index < -0.39 is 12.1 Å². The van der Waals surface area contributed by atoms with Crippen molar-refractivity contribution in [2.24, 2.45) is 0 Å². The summed E-state index contributed by atoms with van der Waals surface area (Å²) in [5.41, 5.74) is 0. The van der Waals surface area contributed by atoms with E-state index in [1.807, 2.05) is 6.08 Å². The molecule has 0 aromatic rings. The summed E-state index contributed by atoms with van der Waals surface area (Å²) < 4.78 is 5.46. The molecule has 6 nitrogen and oxygen atoms in total. The average Bonchev–Trinajstić information content (AvgIpc) is 3.36. The van der Waals surface area contributed by atoms with Crippen molar-refractivity contribution in [2.75, 3.05) is 13.2 Å². The van der Waals surface area contributed by atoms with Crippen LogP contribution in [0.1, 0.15) is 322 Å². The van der Waals surface area contributed by atoms with Crippen LogP contribution in [0.4, 0.5) is 0 Å². The van der Waals surface area contributed by atoms with E-state index >= 15 is 0 Å². The molecule has 70 heavy (non-hydrogen) atoms. The first-order valence-electron chi connectivity index (χ1n) is 30.9. The Morgan fingerprint density at radius 3 is 1.16 bits per heavy atom. The van der Waals surface area contributed by atoms with Gasteiger partial charge in [-0.1, -0.05) is 274 Å². The summed E-state index contributed by atoms with van der Waals surface area (Å²) >= 11 is 0. The van der Waals surface area contributed by atoms with Gasteiger partial charge in [0, 0.05) is 12.8 Å². The normalized spacial score (nSPS) is 12.9. The van der Waals surface area contributed by atoms with Crippen molar-refractivity contribution < 1.29 is 24.5 Å². The first kappa shape index (κ1) is 67.8. The number of unbranched alkanes of at least 4 members (excludes halogenated alkanes) is 40. The van der Waals surface area contributed by atoms with Crippen LogP contribution in [-0.4, -0.2) is 47.4 Å². The minimum absolute atomic E-state index is 0.00474. The number of rotatable bonds is 57. The van der Waals surface area contributed by atoms with E-state index in [2.05, 4.69) is 55.6 Å². The van der Waals surface area contributed by atoms with Crippen molar-refractivity contribution in [2.45, 2.75) is 334 Å². The Morgan fingerprint density at radius 2 is 0.743 bits per heavy atom. The first-order chi connectivity index (χ1) is 34.5. The van der Waals surface area contributed by atoms with Gasteiger partial charge in [0.1, 0.15) is 0 Å². The number of esters is 1. The molecule has 0 aromatic carbocycles.